The normalized spacial score (nSPS) is 17.4. The van der Waals surface area contributed by atoms with Crippen molar-refractivity contribution < 1.29 is 17.9 Å². The number of carbonyl (C=O) groups is 1. The van der Waals surface area contributed by atoms with E-state index in [0.29, 0.717) is 32.8 Å². The van der Waals surface area contributed by atoms with Crippen LogP contribution < -0.4 is 5.32 Å². The number of amides is 1. The summed E-state index contributed by atoms with van der Waals surface area (Å²) >= 11 is 0. The highest BCUT2D eigenvalue weighted by atomic mass is 32.2. The van der Waals surface area contributed by atoms with Crippen LogP contribution in [0.5, 0.6) is 0 Å². The Morgan fingerprint density at radius 2 is 1.88 bits per heavy atom. The van der Waals surface area contributed by atoms with E-state index in [0.717, 1.165) is 17.5 Å². The Morgan fingerprint density at radius 3 is 2.50 bits per heavy atom. The molecule has 1 aliphatic heterocycles. The molecule has 1 aliphatic rings. The van der Waals surface area contributed by atoms with Gasteiger partial charge in [-0.25, -0.2) is 8.42 Å². The number of carbonyl (C=O) groups excluding carboxylic acids is 1. The number of nitrogens with zero attached hydrogens (tertiary/aromatic N) is 1. The number of hydrogen-bond acceptors (Lipinski definition) is 4. The molecule has 0 aliphatic carbocycles. The largest absolute Gasteiger partial charge is 0.379 e. The Kier molecular flexibility index (Phi) is 6.77. The molecule has 0 bridgehead atoms. The summed E-state index contributed by atoms with van der Waals surface area (Å²) in [4.78, 5) is 11.9. The molecular formula is C17H26N2O4S. The van der Waals surface area contributed by atoms with Crippen LogP contribution in [0.1, 0.15) is 31.4 Å². The van der Waals surface area contributed by atoms with Gasteiger partial charge in [0.15, 0.2) is 0 Å². The van der Waals surface area contributed by atoms with E-state index in [9.17, 15) is 13.2 Å². The van der Waals surface area contributed by atoms with Crippen molar-refractivity contribution in [2.45, 2.75) is 32.6 Å². The zero-order valence-corrected chi connectivity index (χ0v) is 15.1. The number of sulfonamides is 1. The number of hydrogen-bond donors (Lipinski definition) is 1. The molecule has 1 saturated heterocycles. The van der Waals surface area contributed by atoms with E-state index >= 15 is 0 Å². The molecule has 134 valence electrons. The van der Waals surface area contributed by atoms with Crippen LogP contribution in [-0.2, 0) is 31.9 Å². The lowest BCUT2D eigenvalue weighted by Crippen LogP contribution is -2.41. The fourth-order valence-corrected chi connectivity index (χ4v) is 4.09. The van der Waals surface area contributed by atoms with Gasteiger partial charge in [0.2, 0.25) is 15.9 Å². The third-order valence-corrected chi connectivity index (χ3v) is 6.16. The van der Waals surface area contributed by atoms with Gasteiger partial charge in [-0.2, -0.15) is 4.31 Å². The molecule has 0 aromatic heterocycles. The maximum Gasteiger partial charge on any atom is 0.223 e. The van der Waals surface area contributed by atoms with Gasteiger partial charge in [-0.1, -0.05) is 38.1 Å². The van der Waals surface area contributed by atoms with Gasteiger partial charge < -0.3 is 10.1 Å². The molecule has 1 amide bonds. The van der Waals surface area contributed by atoms with Gasteiger partial charge in [-0.15, -0.1) is 0 Å². The highest BCUT2D eigenvalue weighted by Gasteiger charge is 2.25. The second-order valence-corrected chi connectivity index (χ2v) is 8.03. The third-order valence-electron chi connectivity index (χ3n) is 4.33. The maximum absolute atomic E-state index is 12.6. The number of nitrogens with one attached hydrogen (secondary N) is 1. The fraction of sp³-hybridized carbons (Fsp3) is 0.588. The Bertz CT molecular complexity index is 654. The molecule has 0 spiro atoms. The standard InChI is InChI=1S/C17H26N2O4S/c1-3-14(2)17(20)18-12-15-6-4-5-7-16(15)13-24(21,22)19-8-10-23-11-9-19/h4-7,14H,3,8-13H2,1-2H3,(H,18,20)/t14-/m0/s1. The minimum atomic E-state index is -3.38. The van der Waals surface area contributed by atoms with Gasteiger partial charge >= 0.3 is 0 Å². The zero-order chi connectivity index (χ0) is 17.6. The molecule has 7 heteroatoms. The monoisotopic (exact) mass is 354 g/mol. The minimum Gasteiger partial charge on any atom is -0.379 e. The lowest BCUT2D eigenvalue weighted by atomic mass is 10.1. The summed E-state index contributed by atoms with van der Waals surface area (Å²) in [6, 6.07) is 7.35. The molecule has 6 nitrogen and oxygen atoms in total. The Balaban J connectivity index is 2.06. The second kappa shape index (κ2) is 8.60. The lowest BCUT2D eigenvalue weighted by molar-refractivity contribution is -0.124. The number of ether oxygens (including phenoxy) is 1. The topological polar surface area (TPSA) is 75.7 Å². The molecule has 1 aromatic carbocycles. The smallest absolute Gasteiger partial charge is 0.223 e. The quantitative estimate of drug-likeness (QED) is 0.805. The molecule has 0 saturated carbocycles. The van der Waals surface area contributed by atoms with Crippen molar-refractivity contribution in [3.63, 3.8) is 0 Å². The van der Waals surface area contributed by atoms with Crippen LogP contribution >= 0.6 is 0 Å². The molecule has 2 rings (SSSR count). The van der Waals surface area contributed by atoms with Gasteiger partial charge in [0, 0.05) is 25.6 Å². The van der Waals surface area contributed by atoms with E-state index in [4.69, 9.17) is 4.74 Å². The first-order chi connectivity index (χ1) is 11.4. The van der Waals surface area contributed by atoms with E-state index in [1.165, 1.54) is 4.31 Å². The van der Waals surface area contributed by atoms with Gasteiger partial charge in [0.25, 0.3) is 0 Å². The molecule has 1 fully saturated rings. The van der Waals surface area contributed by atoms with Crippen molar-refractivity contribution in [2.24, 2.45) is 5.92 Å². The van der Waals surface area contributed by atoms with Gasteiger partial charge in [-0.3, -0.25) is 4.79 Å². The molecule has 0 unspecified atom stereocenters. The summed E-state index contributed by atoms with van der Waals surface area (Å²) in [6.45, 7) is 5.86. The van der Waals surface area contributed by atoms with Crippen molar-refractivity contribution in [3.8, 4) is 0 Å². The van der Waals surface area contributed by atoms with Gasteiger partial charge in [0.05, 0.1) is 19.0 Å². The van der Waals surface area contributed by atoms with Gasteiger partial charge in [-0.05, 0) is 17.5 Å². The van der Waals surface area contributed by atoms with Crippen LogP contribution in [0.2, 0.25) is 0 Å². The molecule has 1 atom stereocenters. The fourth-order valence-electron chi connectivity index (χ4n) is 2.53. The Morgan fingerprint density at radius 1 is 1.25 bits per heavy atom. The van der Waals surface area contributed by atoms with Crippen LogP contribution in [0.3, 0.4) is 0 Å². The first kappa shape index (κ1) is 18.9. The van der Waals surface area contributed by atoms with Crippen molar-refractivity contribution in [3.05, 3.63) is 35.4 Å². The van der Waals surface area contributed by atoms with Crippen molar-refractivity contribution in [1.82, 2.24) is 9.62 Å². The van der Waals surface area contributed by atoms with E-state index in [-0.39, 0.29) is 17.6 Å². The highest BCUT2D eigenvalue weighted by Crippen LogP contribution is 2.17. The summed E-state index contributed by atoms with van der Waals surface area (Å²) in [5.41, 5.74) is 1.57. The van der Waals surface area contributed by atoms with Gasteiger partial charge in [0.1, 0.15) is 0 Å². The van der Waals surface area contributed by atoms with E-state index in [1.807, 2.05) is 38.1 Å². The van der Waals surface area contributed by atoms with Crippen molar-refractivity contribution in [2.75, 3.05) is 26.3 Å². The first-order valence-electron chi connectivity index (χ1n) is 8.34. The van der Waals surface area contributed by atoms with Crippen molar-refractivity contribution in [1.29, 1.82) is 0 Å². The molecule has 0 radical (unpaired) electrons. The molecule has 1 aromatic rings. The Labute approximate surface area is 144 Å². The summed E-state index contributed by atoms with van der Waals surface area (Å²) in [5, 5.41) is 2.89. The third kappa shape index (κ3) is 5.03. The SMILES string of the molecule is CC[C@H](C)C(=O)NCc1ccccc1CS(=O)(=O)N1CCOCC1. The van der Waals surface area contributed by atoms with E-state index in [2.05, 4.69) is 5.32 Å². The van der Waals surface area contributed by atoms with Crippen molar-refractivity contribution >= 4 is 15.9 Å². The van der Waals surface area contributed by atoms with Crippen LogP contribution in [0.25, 0.3) is 0 Å². The summed E-state index contributed by atoms with van der Waals surface area (Å²) in [6.07, 6.45) is 0.777. The highest BCUT2D eigenvalue weighted by molar-refractivity contribution is 7.88. The molecular weight excluding hydrogens is 328 g/mol. The number of morpholine rings is 1. The molecule has 1 heterocycles. The average molecular weight is 354 g/mol. The molecule has 1 N–H and O–H groups in total. The summed E-state index contributed by atoms with van der Waals surface area (Å²) < 4.78 is 31.9. The van der Waals surface area contributed by atoms with Crippen LogP contribution in [-0.4, -0.2) is 44.9 Å². The minimum absolute atomic E-state index is 0.0108. The maximum atomic E-state index is 12.6. The van der Waals surface area contributed by atoms with Crippen LogP contribution in [0, 0.1) is 5.92 Å². The predicted octanol–water partition coefficient (Wildman–Crippen LogP) is 1.51. The lowest BCUT2D eigenvalue weighted by Gasteiger charge is -2.26. The first-order valence-corrected chi connectivity index (χ1v) is 9.95. The van der Waals surface area contributed by atoms with Crippen LogP contribution in [0.15, 0.2) is 24.3 Å². The Hall–Kier alpha value is -1.44. The number of rotatable bonds is 7. The second-order valence-electron chi connectivity index (χ2n) is 6.06. The van der Waals surface area contributed by atoms with E-state index < -0.39 is 10.0 Å². The number of benzene rings is 1. The predicted molar refractivity (Wildman–Crippen MR) is 92.8 cm³/mol. The summed E-state index contributed by atoms with van der Waals surface area (Å²) in [5.74, 6) is -0.111. The zero-order valence-electron chi connectivity index (χ0n) is 14.3. The summed E-state index contributed by atoms with van der Waals surface area (Å²) in [7, 11) is -3.38. The molecule has 24 heavy (non-hydrogen) atoms. The average Bonchev–Trinajstić information content (AvgIpc) is 2.60. The van der Waals surface area contributed by atoms with Crippen LogP contribution in [0.4, 0.5) is 0 Å². The van der Waals surface area contributed by atoms with E-state index in [1.54, 1.807) is 0 Å².